The van der Waals surface area contributed by atoms with Gasteiger partial charge in [-0.1, -0.05) is 53.5 Å². The molecular weight excluding hydrogens is 353 g/mol. The molecule has 5 heteroatoms. The number of aryl methyl sites for hydroxylation is 2. The molecule has 0 spiro atoms. The minimum absolute atomic E-state index is 0.364. The molecule has 0 amide bonds. The highest BCUT2D eigenvalue weighted by molar-refractivity contribution is 6.43. The number of halogens is 2. The lowest BCUT2D eigenvalue weighted by Crippen LogP contribution is -2.33. The number of guanidine groups is 1. The first-order valence-corrected chi connectivity index (χ1v) is 8.87. The molecule has 0 atom stereocenters. The highest BCUT2D eigenvalue weighted by Crippen LogP contribution is 2.37. The lowest BCUT2D eigenvalue weighted by Gasteiger charge is -2.21. The average Bonchev–Trinajstić information content (AvgIpc) is 3.04. The van der Waals surface area contributed by atoms with Gasteiger partial charge in [0.15, 0.2) is 0 Å². The van der Waals surface area contributed by atoms with Crippen LogP contribution in [0.25, 0.3) is 10.8 Å². The van der Waals surface area contributed by atoms with E-state index in [0.29, 0.717) is 21.7 Å². The molecule has 0 fully saturated rings. The Balaban J connectivity index is 1.79. The lowest BCUT2D eigenvalue weighted by molar-refractivity contribution is 1.02. The zero-order valence-electron chi connectivity index (χ0n) is 13.8. The molecule has 25 heavy (non-hydrogen) atoms. The number of hydrogen-bond donors (Lipinski definition) is 1. The largest absolute Gasteiger partial charge is 0.369 e. The van der Waals surface area contributed by atoms with Gasteiger partial charge in [0.2, 0.25) is 5.96 Å². The normalized spacial score (nSPS) is 13.5. The maximum absolute atomic E-state index is 6.26. The summed E-state index contributed by atoms with van der Waals surface area (Å²) in [5.41, 5.74) is 10.6. The topological polar surface area (TPSA) is 41.6 Å². The van der Waals surface area contributed by atoms with Gasteiger partial charge in [-0.3, -0.25) is 0 Å². The second-order valence-corrected chi connectivity index (χ2v) is 6.97. The first-order valence-electron chi connectivity index (χ1n) is 8.11. The van der Waals surface area contributed by atoms with Crippen LogP contribution in [0.4, 0.5) is 11.4 Å². The molecular formula is C20H17Cl2N3. The van der Waals surface area contributed by atoms with Crippen molar-refractivity contribution in [3.05, 3.63) is 69.7 Å². The second-order valence-electron chi connectivity index (χ2n) is 6.19. The Morgan fingerprint density at radius 2 is 1.72 bits per heavy atom. The Morgan fingerprint density at radius 1 is 1.00 bits per heavy atom. The maximum Gasteiger partial charge on any atom is 0.200 e. The fraction of sp³-hybridized carbons (Fsp3) is 0.150. The first kappa shape index (κ1) is 16.2. The SMILES string of the molecule is CN(C(N)=Nc1cccc(Cl)c1Cl)c1ccc2c3c(cccc13)CC2. The van der Waals surface area contributed by atoms with E-state index in [2.05, 4.69) is 35.3 Å². The zero-order valence-corrected chi connectivity index (χ0v) is 15.3. The predicted octanol–water partition coefficient (Wildman–Crippen LogP) is 5.33. The Kier molecular flexibility index (Phi) is 4.06. The van der Waals surface area contributed by atoms with Crippen LogP contribution in [0.1, 0.15) is 11.1 Å². The third-order valence-corrected chi connectivity index (χ3v) is 5.53. The highest BCUT2D eigenvalue weighted by Gasteiger charge is 2.18. The van der Waals surface area contributed by atoms with Gasteiger partial charge in [0, 0.05) is 12.4 Å². The second kappa shape index (κ2) is 6.25. The van der Waals surface area contributed by atoms with Gasteiger partial charge in [0.05, 0.1) is 21.4 Å². The van der Waals surface area contributed by atoms with Crippen molar-refractivity contribution in [1.82, 2.24) is 0 Å². The molecule has 0 unspecified atom stereocenters. The van der Waals surface area contributed by atoms with E-state index in [1.54, 1.807) is 18.2 Å². The van der Waals surface area contributed by atoms with Gasteiger partial charge in [-0.05, 0) is 47.6 Å². The molecule has 0 aromatic heterocycles. The number of benzene rings is 3. The molecule has 0 saturated carbocycles. The van der Waals surface area contributed by atoms with Crippen LogP contribution in [0.15, 0.2) is 53.5 Å². The summed E-state index contributed by atoms with van der Waals surface area (Å²) in [6, 6.07) is 16.1. The minimum atomic E-state index is 0.364. The zero-order chi connectivity index (χ0) is 17.6. The van der Waals surface area contributed by atoms with Gasteiger partial charge in [-0.2, -0.15) is 0 Å². The molecule has 1 aliphatic rings. The van der Waals surface area contributed by atoms with Crippen molar-refractivity contribution in [2.24, 2.45) is 10.7 Å². The van der Waals surface area contributed by atoms with Crippen molar-refractivity contribution in [2.75, 3.05) is 11.9 Å². The van der Waals surface area contributed by atoms with E-state index in [0.717, 1.165) is 18.5 Å². The Labute approximate surface area is 156 Å². The summed E-state index contributed by atoms with van der Waals surface area (Å²) >= 11 is 12.3. The lowest BCUT2D eigenvalue weighted by atomic mass is 10.0. The number of nitrogens with zero attached hydrogens (tertiary/aromatic N) is 2. The van der Waals surface area contributed by atoms with Crippen LogP contribution in [0.2, 0.25) is 10.0 Å². The smallest absolute Gasteiger partial charge is 0.200 e. The molecule has 3 nitrogen and oxygen atoms in total. The molecule has 1 aliphatic carbocycles. The molecule has 0 bridgehead atoms. The van der Waals surface area contributed by atoms with Crippen LogP contribution in [-0.2, 0) is 12.8 Å². The quantitative estimate of drug-likeness (QED) is 0.490. The van der Waals surface area contributed by atoms with Crippen LogP contribution < -0.4 is 10.6 Å². The molecule has 126 valence electrons. The minimum Gasteiger partial charge on any atom is -0.369 e. The molecule has 0 aliphatic heterocycles. The van der Waals surface area contributed by atoms with Crippen molar-refractivity contribution in [1.29, 1.82) is 0 Å². The summed E-state index contributed by atoms with van der Waals surface area (Å²) in [7, 11) is 1.91. The third kappa shape index (κ3) is 2.74. The van der Waals surface area contributed by atoms with Crippen molar-refractivity contribution >= 4 is 51.3 Å². The maximum atomic E-state index is 6.26. The van der Waals surface area contributed by atoms with Crippen molar-refractivity contribution in [2.45, 2.75) is 12.8 Å². The van der Waals surface area contributed by atoms with Crippen molar-refractivity contribution in [3.63, 3.8) is 0 Å². The molecule has 0 radical (unpaired) electrons. The van der Waals surface area contributed by atoms with E-state index in [1.807, 2.05) is 11.9 Å². The molecule has 3 aromatic rings. The standard InChI is InChI=1S/C20H17Cl2N3/c1-25(20(23)24-16-7-3-6-15(21)19(16)22)17-11-10-13-9-8-12-4-2-5-14(17)18(12)13/h2-7,10-11H,8-9H2,1H3,(H2,23,24). The summed E-state index contributed by atoms with van der Waals surface area (Å²) in [5.74, 6) is 0.364. The molecule has 4 rings (SSSR count). The van der Waals surface area contributed by atoms with Gasteiger partial charge in [-0.15, -0.1) is 0 Å². The number of anilines is 1. The van der Waals surface area contributed by atoms with Crippen LogP contribution in [-0.4, -0.2) is 13.0 Å². The molecule has 0 saturated heterocycles. The number of rotatable bonds is 2. The fourth-order valence-corrected chi connectivity index (χ4v) is 3.76. The summed E-state index contributed by atoms with van der Waals surface area (Å²) in [5, 5.41) is 3.41. The Bertz CT molecular complexity index is 1000. The van der Waals surface area contributed by atoms with E-state index >= 15 is 0 Å². The van der Waals surface area contributed by atoms with E-state index in [1.165, 1.54) is 21.9 Å². The predicted molar refractivity (Wildman–Crippen MR) is 108 cm³/mol. The Morgan fingerprint density at radius 3 is 2.52 bits per heavy atom. The van der Waals surface area contributed by atoms with E-state index in [9.17, 15) is 0 Å². The van der Waals surface area contributed by atoms with Gasteiger partial charge < -0.3 is 10.6 Å². The van der Waals surface area contributed by atoms with Crippen LogP contribution in [0, 0.1) is 0 Å². The number of aliphatic imine (C=N–C) groups is 1. The van der Waals surface area contributed by atoms with Gasteiger partial charge in [-0.25, -0.2) is 4.99 Å². The fourth-order valence-electron chi connectivity index (χ4n) is 3.42. The Hall–Kier alpha value is -2.23. The van der Waals surface area contributed by atoms with Crippen LogP contribution >= 0.6 is 23.2 Å². The highest BCUT2D eigenvalue weighted by atomic mass is 35.5. The van der Waals surface area contributed by atoms with Gasteiger partial charge in [0.25, 0.3) is 0 Å². The van der Waals surface area contributed by atoms with Crippen molar-refractivity contribution < 1.29 is 0 Å². The summed E-state index contributed by atoms with van der Waals surface area (Å²) in [6.45, 7) is 0. The summed E-state index contributed by atoms with van der Waals surface area (Å²) in [6.07, 6.45) is 2.20. The summed E-state index contributed by atoms with van der Waals surface area (Å²) in [4.78, 5) is 6.35. The van der Waals surface area contributed by atoms with Gasteiger partial charge >= 0.3 is 0 Å². The first-order chi connectivity index (χ1) is 12.1. The molecule has 2 N–H and O–H groups in total. The van der Waals surface area contributed by atoms with E-state index in [-0.39, 0.29) is 0 Å². The van der Waals surface area contributed by atoms with E-state index in [4.69, 9.17) is 28.9 Å². The summed E-state index contributed by atoms with van der Waals surface area (Å²) < 4.78 is 0. The van der Waals surface area contributed by atoms with Crippen LogP contribution in [0.5, 0.6) is 0 Å². The van der Waals surface area contributed by atoms with Crippen molar-refractivity contribution in [3.8, 4) is 0 Å². The monoisotopic (exact) mass is 369 g/mol. The average molecular weight is 370 g/mol. The van der Waals surface area contributed by atoms with Crippen LogP contribution in [0.3, 0.4) is 0 Å². The van der Waals surface area contributed by atoms with E-state index < -0.39 is 0 Å². The third-order valence-electron chi connectivity index (χ3n) is 4.73. The molecule has 0 heterocycles. The van der Waals surface area contributed by atoms with Gasteiger partial charge in [0.1, 0.15) is 0 Å². The number of hydrogen-bond acceptors (Lipinski definition) is 1. The molecule has 3 aromatic carbocycles. The number of nitrogens with two attached hydrogens (primary N) is 1.